The van der Waals surface area contributed by atoms with Gasteiger partial charge in [0.2, 0.25) is 0 Å². The van der Waals surface area contributed by atoms with Gasteiger partial charge in [0.1, 0.15) is 11.5 Å². The zero-order valence-electron chi connectivity index (χ0n) is 23.8. The number of pyridine rings is 1. The van der Waals surface area contributed by atoms with Gasteiger partial charge in [0.25, 0.3) is 5.91 Å². The SMILES string of the molecule is Cc1cc(C2C(c3ccccn3)NC(=S)N2c2ccc(NC(=O)COc3ccccc3)cc2)c(C)n1-c1ccc(O)cc1. The first kappa shape index (κ1) is 28.0. The Kier molecular flexibility index (Phi) is 7.81. The first-order valence-electron chi connectivity index (χ1n) is 14.0. The van der Waals surface area contributed by atoms with E-state index in [0.717, 1.165) is 34.0 Å². The smallest absolute Gasteiger partial charge is 0.262 e. The number of thiocarbonyl (C=S) groups is 1. The van der Waals surface area contributed by atoms with Gasteiger partial charge in [-0.25, -0.2) is 0 Å². The van der Waals surface area contributed by atoms with Crippen molar-refractivity contribution >= 4 is 34.6 Å². The van der Waals surface area contributed by atoms with Crippen molar-refractivity contribution < 1.29 is 14.6 Å². The largest absolute Gasteiger partial charge is 0.508 e. The summed E-state index contributed by atoms with van der Waals surface area (Å²) < 4.78 is 7.75. The lowest BCUT2D eigenvalue weighted by atomic mass is 9.96. The van der Waals surface area contributed by atoms with Crippen LogP contribution >= 0.6 is 12.2 Å². The summed E-state index contributed by atoms with van der Waals surface area (Å²) in [5, 5.41) is 16.8. The van der Waals surface area contributed by atoms with E-state index in [1.54, 1.807) is 18.3 Å². The molecule has 2 aromatic heterocycles. The first-order chi connectivity index (χ1) is 20.9. The molecule has 0 aliphatic carbocycles. The van der Waals surface area contributed by atoms with Gasteiger partial charge in [-0.1, -0.05) is 24.3 Å². The van der Waals surface area contributed by atoms with Gasteiger partial charge in [0, 0.05) is 34.6 Å². The molecule has 2 atom stereocenters. The molecule has 216 valence electrons. The highest BCUT2D eigenvalue weighted by molar-refractivity contribution is 7.80. The Morgan fingerprint density at radius 3 is 2.35 bits per heavy atom. The number of ether oxygens (including phenoxy) is 1. The summed E-state index contributed by atoms with van der Waals surface area (Å²) in [5.41, 5.74) is 6.61. The summed E-state index contributed by atoms with van der Waals surface area (Å²) in [6.07, 6.45) is 1.79. The van der Waals surface area contributed by atoms with Crippen molar-refractivity contribution in [2.75, 3.05) is 16.8 Å². The van der Waals surface area contributed by atoms with Crippen LogP contribution in [-0.4, -0.2) is 32.3 Å². The second-order valence-electron chi connectivity index (χ2n) is 10.4. The minimum Gasteiger partial charge on any atom is -0.508 e. The lowest BCUT2D eigenvalue weighted by Crippen LogP contribution is -2.29. The number of phenols is 1. The van der Waals surface area contributed by atoms with Crippen LogP contribution in [0.3, 0.4) is 0 Å². The molecule has 2 unspecified atom stereocenters. The second kappa shape index (κ2) is 12.0. The predicted octanol–water partition coefficient (Wildman–Crippen LogP) is 6.39. The molecule has 3 heterocycles. The summed E-state index contributed by atoms with van der Waals surface area (Å²) in [6, 6.07) is 31.7. The summed E-state index contributed by atoms with van der Waals surface area (Å²) in [4.78, 5) is 19.3. The van der Waals surface area contributed by atoms with Gasteiger partial charge >= 0.3 is 0 Å². The number of phenolic OH excluding ortho intramolecular Hbond substituents is 1. The van der Waals surface area contributed by atoms with E-state index < -0.39 is 0 Å². The van der Waals surface area contributed by atoms with E-state index in [1.165, 1.54) is 0 Å². The summed E-state index contributed by atoms with van der Waals surface area (Å²) in [7, 11) is 0. The van der Waals surface area contributed by atoms with Crippen LogP contribution in [0.2, 0.25) is 0 Å². The van der Waals surface area contributed by atoms with Crippen LogP contribution in [-0.2, 0) is 4.79 Å². The maximum atomic E-state index is 12.5. The van der Waals surface area contributed by atoms with Crippen LogP contribution in [0.5, 0.6) is 11.5 Å². The van der Waals surface area contributed by atoms with Crippen molar-refractivity contribution in [2.45, 2.75) is 25.9 Å². The minimum atomic E-state index is -0.246. The standard InChI is InChI=1S/C34H31N5O3S/c1-22-20-29(23(2)38(22)25-15-17-27(40)18-16-25)33-32(30-10-6-7-19-35-30)37-34(43)39(33)26-13-11-24(12-14-26)36-31(41)21-42-28-8-4-3-5-9-28/h3-20,32-33,40H,21H2,1-2H3,(H,36,41)(H,37,43). The number of anilines is 2. The zero-order valence-corrected chi connectivity index (χ0v) is 24.6. The summed E-state index contributed by atoms with van der Waals surface area (Å²) in [5.74, 6) is 0.618. The lowest BCUT2D eigenvalue weighted by Gasteiger charge is -2.28. The number of hydrogen-bond donors (Lipinski definition) is 3. The van der Waals surface area contributed by atoms with Crippen LogP contribution in [0.25, 0.3) is 5.69 Å². The Morgan fingerprint density at radius 1 is 0.953 bits per heavy atom. The number of aromatic nitrogens is 2. The van der Waals surface area contributed by atoms with Gasteiger partial charge < -0.3 is 29.9 Å². The number of aryl methyl sites for hydroxylation is 1. The quantitative estimate of drug-likeness (QED) is 0.181. The molecule has 0 radical (unpaired) electrons. The molecule has 1 aliphatic rings. The highest BCUT2D eigenvalue weighted by Crippen LogP contribution is 2.44. The van der Waals surface area contributed by atoms with Crippen molar-refractivity contribution in [1.29, 1.82) is 0 Å². The molecule has 1 aliphatic heterocycles. The second-order valence-corrected chi connectivity index (χ2v) is 10.8. The monoisotopic (exact) mass is 589 g/mol. The molecule has 9 heteroatoms. The zero-order chi connectivity index (χ0) is 29.9. The number of carbonyl (C=O) groups is 1. The van der Waals surface area contributed by atoms with Gasteiger partial charge in [-0.05, 0) is 110 Å². The Balaban J connectivity index is 1.30. The van der Waals surface area contributed by atoms with Crippen LogP contribution in [0, 0.1) is 13.8 Å². The van der Waals surface area contributed by atoms with Crippen molar-refractivity contribution in [3.05, 3.63) is 132 Å². The molecule has 3 aromatic carbocycles. The van der Waals surface area contributed by atoms with Crippen molar-refractivity contribution in [3.63, 3.8) is 0 Å². The lowest BCUT2D eigenvalue weighted by molar-refractivity contribution is -0.118. The van der Waals surface area contributed by atoms with Gasteiger partial charge in [0.05, 0.1) is 17.8 Å². The van der Waals surface area contributed by atoms with Crippen LogP contribution < -0.4 is 20.3 Å². The molecule has 3 N–H and O–H groups in total. The summed E-state index contributed by atoms with van der Waals surface area (Å²) >= 11 is 5.92. The van der Waals surface area contributed by atoms with E-state index in [2.05, 4.69) is 45.0 Å². The number of amides is 1. The van der Waals surface area contributed by atoms with Crippen molar-refractivity contribution in [2.24, 2.45) is 0 Å². The molecule has 43 heavy (non-hydrogen) atoms. The molecular formula is C34H31N5O3S. The van der Waals surface area contributed by atoms with Crippen LogP contribution in [0.15, 0.2) is 109 Å². The fraction of sp³-hybridized carbons (Fsp3) is 0.147. The van der Waals surface area contributed by atoms with Crippen molar-refractivity contribution in [3.8, 4) is 17.2 Å². The first-order valence-corrected chi connectivity index (χ1v) is 14.4. The van der Waals surface area contributed by atoms with Gasteiger partial charge in [-0.15, -0.1) is 0 Å². The molecule has 1 saturated heterocycles. The third-order valence-electron chi connectivity index (χ3n) is 7.54. The van der Waals surface area contributed by atoms with Gasteiger partial charge in [-0.3, -0.25) is 9.78 Å². The normalized spacial score (nSPS) is 16.1. The maximum Gasteiger partial charge on any atom is 0.262 e. The third kappa shape index (κ3) is 5.80. The van der Waals surface area contributed by atoms with E-state index >= 15 is 0 Å². The predicted molar refractivity (Wildman–Crippen MR) is 172 cm³/mol. The number of rotatable bonds is 8. The fourth-order valence-corrected chi connectivity index (χ4v) is 5.95. The molecular weight excluding hydrogens is 558 g/mol. The number of para-hydroxylation sites is 1. The number of nitrogens with one attached hydrogen (secondary N) is 2. The van der Waals surface area contributed by atoms with E-state index in [-0.39, 0.29) is 30.3 Å². The highest BCUT2D eigenvalue weighted by Gasteiger charge is 2.42. The average molecular weight is 590 g/mol. The minimum absolute atomic E-state index is 0.0869. The maximum absolute atomic E-state index is 12.5. The number of hydrogen-bond acceptors (Lipinski definition) is 5. The molecule has 6 rings (SSSR count). The van der Waals surface area contributed by atoms with Crippen LogP contribution in [0.1, 0.15) is 34.7 Å². The van der Waals surface area contributed by atoms with E-state index in [4.69, 9.17) is 17.0 Å². The number of benzene rings is 3. The Morgan fingerprint density at radius 2 is 1.65 bits per heavy atom. The molecule has 0 saturated carbocycles. The topological polar surface area (TPSA) is 91.7 Å². The van der Waals surface area contributed by atoms with E-state index in [1.807, 2.05) is 84.9 Å². The molecule has 5 aromatic rings. The van der Waals surface area contributed by atoms with Gasteiger partial charge in [0.15, 0.2) is 11.7 Å². The number of carbonyl (C=O) groups excluding carboxylic acids is 1. The Bertz CT molecular complexity index is 1740. The number of nitrogens with zero attached hydrogens (tertiary/aromatic N) is 3. The Labute approximate surface area is 255 Å². The van der Waals surface area contributed by atoms with Crippen LogP contribution in [0.4, 0.5) is 11.4 Å². The van der Waals surface area contributed by atoms with Gasteiger partial charge in [-0.2, -0.15) is 0 Å². The average Bonchev–Trinajstić information content (AvgIpc) is 3.52. The Hall–Kier alpha value is -5.15. The fourth-order valence-electron chi connectivity index (χ4n) is 5.60. The third-order valence-corrected chi connectivity index (χ3v) is 7.85. The molecule has 0 bridgehead atoms. The molecule has 1 fully saturated rings. The molecule has 0 spiro atoms. The summed E-state index contributed by atoms with van der Waals surface area (Å²) in [6.45, 7) is 4.08. The van der Waals surface area contributed by atoms with E-state index in [0.29, 0.717) is 16.5 Å². The molecule has 8 nitrogen and oxygen atoms in total. The number of aromatic hydroxyl groups is 1. The molecule has 1 amide bonds. The highest BCUT2D eigenvalue weighted by atomic mass is 32.1. The van der Waals surface area contributed by atoms with E-state index in [9.17, 15) is 9.90 Å². The van der Waals surface area contributed by atoms with Crippen molar-refractivity contribution in [1.82, 2.24) is 14.9 Å².